The fourth-order valence-corrected chi connectivity index (χ4v) is 4.49. The summed E-state index contributed by atoms with van der Waals surface area (Å²) >= 11 is 0. The van der Waals surface area contributed by atoms with Crippen molar-refractivity contribution in [3.63, 3.8) is 0 Å². The summed E-state index contributed by atoms with van der Waals surface area (Å²) in [6, 6.07) is 18.8. The molecule has 0 saturated carbocycles. The zero-order chi connectivity index (χ0) is 26.7. The lowest BCUT2D eigenvalue weighted by Gasteiger charge is -2.26. The molecule has 1 N–H and O–H groups in total. The van der Waals surface area contributed by atoms with Gasteiger partial charge in [0.15, 0.2) is 0 Å². The third-order valence-electron chi connectivity index (χ3n) is 6.45. The van der Waals surface area contributed by atoms with Crippen LogP contribution < -0.4 is 19.1 Å². The van der Waals surface area contributed by atoms with Crippen LogP contribution in [0.25, 0.3) is 5.76 Å². The lowest BCUT2D eigenvalue weighted by molar-refractivity contribution is -0.132. The highest BCUT2D eigenvalue weighted by Crippen LogP contribution is 2.44. The minimum atomic E-state index is -0.842. The highest BCUT2D eigenvalue weighted by molar-refractivity contribution is 6.51. The van der Waals surface area contributed by atoms with Crippen LogP contribution in [0.4, 0.5) is 5.69 Å². The van der Waals surface area contributed by atoms with E-state index in [1.165, 1.54) is 19.1 Å². The molecule has 1 fully saturated rings. The molecule has 1 atom stereocenters. The third-order valence-corrected chi connectivity index (χ3v) is 6.45. The summed E-state index contributed by atoms with van der Waals surface area (Å²) in [5.74, 6) is 0.00310. The summed E-state index contributed by atoms with van der Waals surface area (Å²) in [5.41, 5.74) is 2.62. The Kier molecular flexibility index (Phi) is 7.53. The smallest absolute Gasteiger partial charge is 0.300 e. The lowest BCUT2D eigenvalue weighted by atomic mass is 9.93. The highest BCUT2D eigenvalue weighted by Gasteiger charge is 2.47. The number of amides is 1. The van der Waals surface area contributed by atoms with E-state index >= 15 is 0 Å². The summed E-state index contributed by atoms with van der Waals surface area (Å²) < 4.78 is 16.3. The molecule has 1 aliphatic heterocycles. The number of ketones is 1. The number of Topliss-reactive ketones (excluding diaryl/α,β-unsaturated/α-hetero) is 1. The number of aliphatic hydroxyl groups is 1. The van der Waals surface area contributed by atoms with Crippen LogP contribution in [0.1, 0.15) is 49.4 Å². The molecule has 0 aliphatic carbocycles. The Morgan fingerprint density at radius 2 is 1.57 bits per heavy atom. The minimum absolute atomic E-state index is 0.0142. The summed E-state index contributed by atoms with van der Waals surface area (Å²) in [6.07, 6.45) is 0. The Morgan fingerprint density at radius 3 is 2.14 bits per heavy atom. The SMILES string of the molecule is CCOc1ccc(N2C(=O)C(=O)/C(=C(\O)c3ccc(OC)cc3OC)C2c2ccc(C(C)C)cc2)cc1. The molecule has 0 spiro atoms. The number of ether oxygens (including phenoxy) is 3. The maximum Gasteiger partial charge on any atom is 0.300 e. The summed E-state index contributed by atoms with van der Waals surface area (Å²) in [4.78, 5) is 28.3. The normalized spacial score (nSPS) is 16.8. The van der Waals surface area contributed by atoms with Gasteiger partial charge >= 0.3 is 0 Å². The Hall–Kier alpha value is -4.26. The number of benzene rings is 3. The Balaban J connectivity index is 1.91. The van der Waals surface area contributed by atoms with Crippen molar-refractivity contribution in [3.8, 4) is 17.2 Å². The largest absolute Gasteiger partial charge is 0.507 e. The first-order chi connectivity index (χ1) is 17.8. The lowest BCUT2D eigenvalue weighted by Crippen LogP contribution is -2.29. The van der Waals surface area contributed by atoms with Crippen molar-refractivity contribution in [1.29, 1.82) is 0 Å². The summed E-state index contributed by atoms with van der Waals surface area (Å²) in [7, 11) is 2.99. The third kappa shape index (κ3) is 4.89. The molecule has 7 nitrogen and oxygen atoms in total. The second-order valence-electron chi connectivity index (χ2n) is 8.98. The highest BCUT2D eigenvalue weighted by atomic mass is 16.5. The Labute approximate surface area is 216 Å². The fraction of sp³-hybridized carbons (Fsp3) is 0.267. The number of nitrogens with zero attached hydrogens (tertiary/aromatic N) is 1. The molecule has 1 aliphatic rings. The van der Waals surface area contributed by atoms with E-state index in [-0.39, 0.29) is 16.9 Å². The van der Waals surface area contributed by atoms with E-state index in [4.69, 9.17) is 14.2 Å². The van der Waals surface area contributed by atoms with Gasteiger partial charge in [0.25, 0.3) is 11.7 Å². The van der Waals surface area contributed by atoms with Gasteiger partial charge in [0.1, 0.15) is 23.0 Å². The van der Waals surface area contributed by atoms with Gasteiger partial charge < -0.3 is 19.3 Å². The molecular formula is C30H31NO6. The van der Waals surface area contributed by atoms with E-state index in [2.05, 4.69) is 13.8 Å². The predicted molar refractivity (Wildman–Crippen MR) is 142 cm³/mol. The topological polar surface area (TPSA) is 85.3 Å². The molecule has 192 valence electrons. The van der Waals surface area contributed by atoms with Crippen molar-refractivity contribution in [1.82, 2.24) is 0 Å². The first-order valence-corrected chi connectivity index (χ1v) is 12.2. The summed E-state index contributed by atoms with van der Waals surface area (Å²) in [5, 5.41) is 11.5. The van der Waals surface area contributed by atoms with Crippen LogP contribution in [-0.4, -0.2) is 37.6 Å². The van der Waals surface area contributed by atoms with Gasteiger partial charge in [0, 0.05) is 11.8 Å². The van der Waals surface area contributed by atoms with E-state index in [0.29, 0.717) is 41.0 Å². The molecule has 1 unspecified atom stereocenters. The first kappa shape index (κ1) is 25.8. The van der Waals surface area contributed by atoms with Crippen LogP contribution >= 0.6 is 0 Å². The molecule has 1 amide bonds. The van der Waals surface area contributed by atoms with Crippen molar-refractivity contribution in [3.05, 3.63) is 89.0 Å². The molecule has 0 aromatic heterocycles. The number of methoxy groups -OCH3 is 2. The molecule has 1 heterocycles. The van der Waals surface area contributed by atoms with Gasteiger partial charge in [-0.25, -0.2) is 0 Å². The van der Waals surface area contributed by atoms with Crippen molar-refractivity contribution < 1.29 is 28.9 Å². The quantitative estimate of drug-likeness (QED) is 0.237. The number of aliphatic hydroxyl groups excluding tert-OH is 1. The number of anilines is 1. The van der Waals surface area contributed by atoms with Crippen LogP contribution in [0.5, 0.6) is 17.2 Å². The van der Waals surface area contributed by atoms with Crippen molar-refractivity contribution in [2.75, 3.05) is 25.7 Å². The van der Waals surface area contributed by atoms with Gasteiger partial charge in [-0.2, -0.15) is 0 Å². The van der Waals surface area contributed by atoms with E-state index in [1.807, 2.05) is 31.2 Å². The number of carbonyl (C=O) groups excluding carboxylic acids is 2. The second-order valence-corrected chi connectivity index (χ2v) is 8.98. The Morgan fingerprint density at radius 1 is 0.919 bits per heavy atom. The van der Waals surface area contributed by atoms with Crippen LogP contribution in [-0.2, 0) is 9.59 Å². The molecule has 0 radical (unpaired) electrons. The fourth-order valence-electron chi connectivity index (χ4n) is 4.49. The maximum absolute atomic E-state index is 13.5. The van der Waals surface area contributed by atoms with Gasteiger partial charge in [-0.1, -0.05) is 38.1 Å². The number of hydrogen-bond donors (Lipinski definition) is 1. The number of rotatable bonds is 8. The van der Waals surface area contributed by atoms with Gasteiger partial charge in [-0.05, 0) is 60.4 Å². The van der Waals surface area contributed by atoms with Crippen LogP contribution in [0.3, 0.4) is 0 Å². The zero-order valence-electron chi connectivity index (χ0n) is 21.6. The van der Waals surface area contributed by atoms with Crippen molar-refractivity contribution >= 4 is 23.1 Å². The van der Waals surface area contributed by atoms with Crippen molar-refractivity contribution in [2.24, 2.45) is 0 Å². The zero-order valence-corrected chi connectivity index (χ0v) is 21.6. The standard InChI is InChI=1S/C30H31NO6/c1-6-37-22-13-11-21(12-14-22)31-27(20-9-7-19(8-10-20)18(2)3)26(29(33)30(31)34)28(32)24-16-15-23(35-4)17-25(24)36-5/h7-18,27,32H,6H2,1-5H3/b28-26-. The maximum atomic E-state index is 13.5. The minimum Gasteiger partial charge on any atom is -0.507 e. The van der Waals surface area contributed by atoms with E-state index in [0.717, 1.165) is 5.56 Å². The molecule has 3 aromatic carbocycles. The van der Waals surface area contributed by atoms with Gasteiger partial charge in [-0.15, -0.1) is 0 Å². The molecule has 0 bridgehead atoms. The van der Waals surface area contributed by atoms with Crippen LogP contribution in [0.15, 0.2) is 72.3 Å². The van der Waals surface area contributed by atoms with Crippen LogP contribution in [0, 0.1) is 0 Å². The second kappa shape index (κ2) is 10.8. The molecule has 3 aromatic rings. The Bertz CT molecular complexity index is 1330. The number of hydrogen-bond acceptors (Lipinski definition) is 6. The van der Waals surface area contributed by atoms with Crippen molar-refractivity contribution in [2.45, 2.75) is 32.7 Å². The van der Waals surface area contributed by atoms with Crippen LogP contribution in [0.2, 0.25) is 0 Å². The van der Waals surface area contributed by atoms with E-state index in [1.54, 1.807) is 42.5 Å². The van der Waals surface area contributed by atoms with Gasteiger partial charge in [0.2, 0.25) is 0 Å². The van der Waals surface area contributed by atoms with Gasteiger partial charge in [-0.3, -0.25) is 14.5 Å². The monoisotopic (exact) mass is 501 g/mol. The summed E-state index contributed by atoms with van der Waals surface area (Å²) in [6.45, 7) is 6.59. The average molecular weight is 502 g/mol. The molecule has 1 saturated heterocycles. The van der Waals surface area contributed by atoms with E-state index < -0.39 is 17.7 Å². The average Bonchev–Trinajstić information content (AvgIpc) is 3.18. The molecular weight excluding hydrogens is 470 g/mol. The first-order valence-electron chi connectivity index (χ1n) is 12.2. The molecule has 4 rings (SSSR count). The van der Waals surface area contributed by atoms with Gasteiger partial charge in [0.05, 0.1) is 38.0 Å². The molecule has 37 heavy (non-hydrogen) atoms. The molecule has 7 heteroatoms. The van der Waals surface area contributed by atoms with E-state index in [9.17, 15) is 14.7 Å². The number of carbonyl (C=O) groups is 2. The predicted octanol–water partition coefficient (Wildman–Crippen LogP) is 5.85.